The lowest BCUT2D eigenvalue weighted by Gasteiger charge is -2.20. The summed E-state index contributed by atoms with van der Waals surface area (Å²) < 4.78 is 4.97. The zero-order chi connectivity index (χ0) is 13.5. The van der Waals surface area contributed by atoms with E-state index in [-0.39, 0.29) is 11.9 Å². The van der Waals surface area contributed by atoms with Gasteiger partial charge in [0.15, 0.2) is 0 Å². The molecule has 1 N–H and O–H groups in total. The Bertz CT molecular complexity index is 293. The molecule has 104 valence electrons. The number of carboxylic acids is 1. The Labute approximate surface area is 108 Å². The fourth-order valence-corrected chi connectivity index (χ4v) is 2.40. The molecule has 0 spiro atoms. The van der Waals surface area contributed by atoms with Gasteiger partial charge in [-0.15, -0.1) is 0 Å². The Morgan fingerprint density at radius 3 is 2.61 bits per heavy atom. The van der Waals surface area contributed by atoms with E-state index in [1.54, 1.807) is 6.92 Å². The second-order valence-electron chi connectivity index (χ2n) is 4.74. The number of likely N-dealkylation sites (tertiary alicyclic amines) is 1. The highest BCUT2D eigenvalue weighted by molar-refractivity contribution is 5.78. The van der Waals surface area contributed by atoms with E-state index in [0.29, 0.717) is 19.6 Å². The van der Waals surface area contributed by atoms with E-state index in [0.717, 1.165) is 25.8 Å². The molecule has 1 saturated heterocycles. The smallest absolute Gasteiger partial charge is 0.320 e. The number of esters is 1. The van der Waals surface area contributed by atoms with Crippen LogP contribution in [0.5, 0.6) is 0 Å². The van der Waals surface area contributed by atoms with Crippen LogP contribution < -0.4 is 0 Å². The summed E-state index contributed by atoms with van der Waals surface area (Å²) in [4.78, 5) is 24.7. The van der Waals surface area contributed by atoms with Crippen LogP contribution in [0.1, 0.15) is 39.5 Å². The van der Waals surface area contributed by atoms with Crippen LogP contribution in [0.4, 0.5) is 0 Å². The molecule has 2 atom stereocenters. The Kier molecular flexibility index (Phi) is 6.12. The predicted octanol–water partition coefficient (Wildman–Crippen LogP) is 1.51. The van der Waals surface area contributed by atoms with Crippen molar-refractivity contribution in [2.45, 2.75) is 45.6 Å². The molecule has 0 saturated carbocycles. The van der Waals surface area contributed by atoms with Gasteiger partial charge in [0.1, 0.15) is 6.04 Å². The van der Waals surface area contributed by atoms with Crippen LogP contribution >= 0.6 is 0 Å². The van der Waals surface area contributed by atoms with Crippen LogP contribution in [-0.4, -0.2) is 47.7 Å². The van der Waals surface area contributed by atoms with E-state index in [4.69, 9.17) is 4.74 Å². The minimum atomic E-state index is -0.835. The van der Waals surface area contributed by atoms with Crippen LogP contribution in [0.3, 0.4) is 0 Å². The molecule has 1 fully saturated rings. The van der Waals surface area contributed by atoms with E-state index in [1.165, 1.54) is 0 Å². The maximum absolute atomic E-state index is 11.6. The van der Waals surface area contributed by atoms with Gasteiger partial charge < -0.3 is 9.84 Å². The monoisotopic (exact) mass is 257 g/mol. The minimum Gasteiger partial charge on any atom is -0.480 e. The van der Waals surface area contributed by atoms with Gasteiger partial charge in [0, 0.05) is 6.54 Å². The highest BCUT2D eigenvalue weighted by atomic mass is 16.5. The molecule has 1 aliphatic rings. The quantitative estimate of drug-likeness (QED) is 0.553. The van der Waals surface area contributed by atoms with Crippen molar-refractivity contribution in [3.63, 3.8) is 0 Å². The number of hydrogen-bond acceptors (Lipinski definition) is 4. The van der Waals surface area contributed by atoms with Gasteiger partial charge >= 0.3 is 11.9 Å². The van der Waals surface area contributed by atoms with Crippen molar-refractivity contribution >= 4 is 11.9 Å². The van der Waals surface area contributed by atoms with Crippen LogP contribution in [0.15, 0.2) is 0 Å². The van der Waals surface area contributed by atoms with Gasteiger partial charge in [-0.05, 0) is 26.3 Å². The third kappa shape index (κ3) is 3.98. The van der Waals surface area contributed by atoms with Crippen molar-refractivity contribution in [3.05, 3.63) is 0 Å². The number of ether oxygens (including phenoxy) is 1. The van der Waals surface area contributed by atoms with E-state index >= 15 is 0 Å². The van der Waals surface area contributed by atoms with Gasteiger partial charge in [-0.3, -0.25) is 14.5 Å². The number of hydrogen-bond donors (Lipinski definition) is 1. The zero-order valence-electron chi connectivity index (χ0n) is 11.2. The average molecular weight is 257 g/mol. The predicted molar refractivity (Wildman–Crippen MR) is 67.3 cm³/mol. The molecular formula is C13H23NO4. The molecule has 0 aromatic heterocycles. The van der Waals surface area contributed by atoms with E-state index < -0.39 is 12.0 Å². The van der Waals surface area contributed by atoms with E-state index in [1.807, 2.05) is 4.90 Å². The second-order valence-corrected chi connectivity index (χ2v) is 4.74. The summed E-state index contributed by atoms with van der Waals surface area (Å²) in [5.41, 5.74) is 0. The van der Waals surface area contributed by atoms with Gasteiger partial charge in [-0.1, -0.05) is 19.8 Å². The van der Waals surface area contributed by atoms with Crippen molar-refractivity contribution in [3.8, 4) is 0 Å². The maximum Gasteiger partial charge on any atom is 0.320 e. The number of rotatable bonds is 7. The summed E-state index contributed by atoms with van der Waals surface area (Å²) >= 11 is 0. The van der Waals surface area contributed by atoms with Crippen molar-refractivity contribution < 1.29 is 19.4 Å². The number of unbranched alkanes of at least 4 members (excludes halogenated alkanes) is 2. The summed E-state index contributed by atoms with van der Waals surface area (Å²) in [7, 11) is 0. The molecule has 2 unspecified atom stereocenters. The third-order valence-electron chi connectivity index (χ3n) is 3.36. The molecular weight excluding hydrogens is 234 g/mol. The molecule has 1 heterocycles. The summed E-state index contributed by atoms with van der Waals surface area (Å²) in [6.45, 7) is 5.49. The first kappa shape index (κ1) is 15.0. The molecule has 0 aromatic carbocycles. The Morgan fingerprint density at radius 2 is 2.06 bits per heavy atom. The van der Waals surface area contributed by atoms with Crippen LogP contribution in [0.25, 0.3) is 0 Å². The van der Waals surface area contributed by atoms with Crippen molar-refractivity contribution in [1.29, 1.82) is 0 Å². The third-order valence-corrected chi connectivity index (χ3v) is 3.36. The fraction of sp³-hybridized carbons (Fsp3) is 0.846. The second kappa shape index (κ2) is 7.36. The molecule has 18 heavy (non-hydrogen) atoms. The van der Waals surface area contributed by atoms with Crippen LogP contribution in [0, 0.1) is 5.92 Å². The summed E-state index contributed by atoms with van der Waals surface area (Å²) in [6.07, 6.45) is 3.55. The first-order valence-electron chi connectivity index (χ1n) is 6.73. The number of carbonyl (C=O) groups excluding carboxylic acids is 1. The Hall–Kier alpha value is -1.10. The molecule has 5 nitrogen and oxygen atoms in total. The van der Waals surface area contributed by atoms with Gasteiger partial charge in [0.2, 0.25) is 0 Å². The number of carbonyl (C=O) groups is 2. The zero-order valence-corrected chi connectivity index (χ0v) is 11.2. The Morgan fingerprint density at radius 1 is 1.33 bits per heavy atom. The number of carboxylic acid groups (broad SMARTS) is 1. The van der Waals surface area contributed by atoms with Gasteiger partial charge in [0.05, 0.1) is 12.5 Å². The molecule has 1 rings (SSSR count). The lowest BCUT2D eigenvalue weighted by Crippen LogP contribution is -2.36. The molecule has 0 radical (unpaired) electrons. The summed E-state index contributed by atoms with van der Waals surface area (Å²) in [5, 5.41) is 9.18. The number of nitrogens with zero attached hydrogens (tertiary/aromatic N) is 1. The van der Waals surface area contributed by atoms with Crippen molar-refractivity contribution in [1.82, 2.24) is 4.90 Å². The molecule has 0 aromatic rings. The minimum absolute atomic E-state index is 0.262. The topological polar surface area (TPSA) is 66.8 Å². The lowest BCUT2D eigenvalue weighted by molar-refractivity contribution is -0.147. The lowest BCUT2D eigenvalue weighted by atomic mass is 10.1. The standard InChI is InChI=1S/C13H23NO4/c1-3-5-6-7-14-9-10(13(17)18-4-2)8-11(14)12(15)16/h10-11H,3-9H2,1-2H3,(H,15,16). The van der Waals surface area contributed by atoms with Gasteiger partial charge in [-0.25, -0.2) is 0 Å². The average Bonchev–Trinajstić information content (AvgIpc) is 2.74. The van der Waals surface area contributed by atoms with Crippen molar-refractivity contribution in [2.75, 3.05) is 19.7 Å². The maximum atomic E-state index is 11.6. The summed E-state index contributed by atoms with van der Waals surface area (Å²) in [6, 6.07) is -0.531. The summed E-state index contributed by atoms with van der Waals surface area (Å²) in [5.74, 6) is -1.38. The highest BCUT2D eigenvalue weighted by Crippen LogP contribution is 2.25. The molecule has 0 amide bonds. The fourth-order valence-electron chi connectivity index (χ4n) is 2.40. The molecule has 0 aliphatic carbocycles. The van der Waals surface area contributed by atoms with E-state index in [9.17, 15) is 14.7 Å². The largest absolute Gasteiger partial charge is 0.480 e. The SMILES string of the molecule is CCCCCN1CC(C(=O)OCC)CC1C(=O)O. The first-order valence-corrected chi connectivity index (χ1v) is 6.73. The highest BCUT2D eigenvalue weighted by Gasteiger charge is 2.40. The van der Waals surface area contributed by atoms with Gasteiger partial charge in [-0.2, -0.15) is 0 Å². The molecule has 0 bridgehead atoms. The molecule has 1 aliphatic heterocycles. The first-order chi connectivity index (χ1) is 8.60. The van der Waals surface area contributed by atoms with Gasteiger partial charge in [0.25, 0.3) is 0 Å². The molecule has 5 heteroatoms. The Balaban J connectivity index is 2.54. The number of aliphatic carboxylic acids is 1. The normalized spacial score (nSPS) is 24.1. The van der Waals surface area contributed by atoms with E-state index in [2.05, 4.69) is 6.92 Å². The van der Waals surface area contributed by atoms with Crippen LogP contribution in [0.2, 0.25) is 0 Å². The van der Waals surface area contributed by atoms with Crippen molar-refractivity contribution in [2.24, 2.45) is 5.92 Å². The van der Waals surface area contributed by atoms with Crippen LogP contribution in [-0.2, 0) is 14.3 Å².